The summed E-state index contributed by atoms with van der Waals surface area (Å²) in [5.74, 6) is 0. The second-order valence-electron chi connectivity index (χ2n) is 5.05. The Morgan fingerprint density at radius 1 is 1.14 bits per heavy atom. The fourth-order valence-electron chi connectivity index (χ4n) is 2.23. The van der Waals surface area contributed by atoms with Crippen molar-refractivity contribution in [1.82, 2.24) is 5.32 Å². The van der Waals surface area contributed by atoms with E-state index in [4.69, 9.17) is 5.73 Å². The summed E-state index contributed by atoms with van der Waals surface area (Å²) in [4.78, 5) is 10.3. The summed E-state index contributed by atoms with van der Waals surface area (Å²) < 4.78 is 0. The topological polar surface area (TPSA) is 81.2 Å². The Hall–Kier alpha value is -2.24. The first-order chi connectivity index (χ1) is 10.1. The number of non-ortho nitro benzene ring substituents is 1. The SMILES string of the molecule is CC(N)C(NCc1ccccc1)c1ccc([N+](=O)[O-])cc1. The summed E-state index contributed by atoms with van der Waals surface area (Å²) in [7, 11) is 0. The summed E-state index contributed by atoms with van der Waals surface area (Å²) in [6.07, 6.45) is 0. The van der Waals surface area contributed by atoms with Gasteiger partial charge in [-0.3, -0.25) is 10.1 Å². The van der Waals surface area contributed by atoms with Crippen molar-refractivity contribution < 1.29 is 4.92 Å². The minimum absolute atomic E-state index is 0.0500. The number of hydrogen-bond acceptors (Lipinski definition) is 4. The average molecular weight is 285 g/mol. The minimum atomic E-state index is -0.401. The molecule has 0 heterocycles. The molecule has 0 aliphatic carbocycles. The highest BCUT2D eigenvalue weighted by Gasteiger charge is 2.16. The number of nitrogens with zero attached hydrogens (tertiary/aromatic N) is 1. The van der Waals surface area contributed by atoms with Crippen molar-refractivity contribution in [3.63, 3.8) is 0 Å². The van der Waals surface area contributed by atoms with Gasteiger partial charge >= 0.3 is 0 Å². The summed E-state index contributed by atoms with van der Waals surface area (Å²) >= 11 is 0. The third-order valence-corrected chi connectivity index (χ3v) is 3.36. The Labute approximate surface area is 123 Å². The first-order valence-corrected chi connectivity index (χ1v) is 6.85. The van der Waals surface area contributed by atoms with Crippen LogP contribution in [0.15, 0.2) is 54.6 Å². The standard InChI is InChI=1S/C16H19N3O2/c1-12(17)16(18-11-13-5-3-2-4-6-13)14-7-9-15(10-8-14)19(20)21/h2-10,12,16,18H,11,17H2,1H3. The van der Waals surface area contributed by atoms with Crippen LogP contribution in [-0.4, -0.2) is 11.0 Å². The quantitative estimate of drug-likeness (QED) is 0.631. The molecule has 2 aromatic rings. The zero-order valence-electron chi connectivity index (χ0n) is 11.9. The molecular formula is C16H19N3O2. The van der Waals surface area contributed by atoms with Crippen LogP contribution >= 0.6 is 0 Å². The van der Waals surface area contributed by atoms with Gasteiger partial charge in [0, 0.05) is 30.8 Å². The first kappa shape index (κ1) is 15.2. The van der Waals surface area contributed by atoms with Crippen molar-refractivity contribution in [2.45, 2.75) is 25.6 Å². The predicted octanol–water partition coefficient (Wildman–Crippen LogP) is 2.77. The molecule has 0 saturated carbocycles. The van der Waals surface area contributed by atoms with Gasteiger partial charge in [-0.05, 0) is 18.1 Å². The Morgan fingerprint density at radius 3 is 2.29 bits per heavy atom. The molecule has 5 heteroatoms. The van der Waals surface area contributed by atoms with E-state index in [1.807, 2.05) is 37.3 Å². The molecule has 5 nitrogen and oxygen atoms in total. The van der Waals surface area contributed by atoms with Gasteiger partial charge in [0.2, 0.25) is 0 Å². The maximum Gasteiger partial charge on any atom is 0.269 e. The maximum absolute atomic E-state index is 10.7. The molecule has 0 aliphatic heterocycles. The van der Waals surface area contributed by atoms with Gasteiger partial charge < -0.3 is 11.1 Å². The van der Waals surface area contributed by atoms with E-state index in [0.29, 0.717) is 6.54 Å². The third kappa shape index (κ3) is 4.11. The van der Waals surface area contributed by atoms with Gasteiger partial charge in [0.15, 0.2) is 0 Å². The van der Waals surface area contributed by atoms with Crippen molar-refractivity contribution in [1.29, 1.82) is 0 Å². The lowest BCUT2D eigenvalue weighted by Gasteiger charge is -2.23. The van der Waals surface area contributed by atoms with Gasteiger partial charge in [-0.15, -0.1) is 0 Å². The smallest absolute Gasteiger partial charge is 0.269 e. The number of nitro benzene ring substituents is 1. The molecule has 2 unspecified atom stereocenters. The number of rotatable bonds is 6. The molecule has 0 aromatic heterocycles. The molecule has 0 aliphatic rings. The molecular weight excluding hydrogens is 266 g/mol. The fraction of sp³-hybridized carbons (Fsp3) is 0.250. The van der Waals surface area contributed by atoms with E-state index in [1.165, 1.54) is 17.7 Å². The second-order valence-corrected chi connectivity index (χ2v) is 5.05. The molecule has 0 spiro atoms. The number of nitrogens with two attached hydrogens (primary N) is 1. The van der Waals surface area contributed by atoms with E-state index < -0.39 is 4.92 Å². The molecule has 0 fully saturated rings. The number of nitrogens with one attached hydrogen (secondary N) is 1. The van der Waals surface area contributed by atoms with E-state index in [2.05, 4.69) is 5.32 Å². The van der Waals surface area contributed by atoms with Gasteiger partial charge in [0.1, 0.15) is 0 Å². The highest BCUT2D eigenvalue weighted by molar-refractivity contribution is 5.34. The zero-order chi connectivity index (χ0) is 15.2. The van der Waals surface area contributed by atoms with Crippen LogP contribution in [0.3, 0.4) is 0 Å². The maximum atomic E-state index is 10.7. The van der Waals surface area contributed by atoms with Crippen LogP contribution in [0.5, 0.6) is 0 Å². The van der Waals surface area contributed by atoms with Crippen molar-refractivity contribution in [2.24, 2.45) is 5.73 Å². The normalized spacial score (nSPS) is 13.6. The van der Waals surface area contributed by atoms with Crippen LogP contribution < -0.4 is 11.1 Å². The predicted molar refractivity (Wildman–Crippen MR) is 82.8 cm³/mol. The second kappa shape index (κ2) is 6.97. The Morgan fingerprint density at radius 2 is 1.76 bits per heavy atom. The van der Waals surface area contributed by atoms with Crippen LogP contribution in [0, 0.1) is 10.1 Å². The molecule has 21 heavy (non-hydrogen) atoms. The average Bonchev–Trinajstić information content (AvgIpc) is 2.48. The summed E-state index contributed by atoms with van der Waals surface area (Å²) in [6, 6.07) is 16.4. The molecule has 2 rings (SSSR count). The monoisotopic (exact) mass is 285 g/mol. The molecule has 0 radical (unpaired) electrons. The summed E-state index contributed by atoms with van der Waals surface area (Å²) in [6.45, 7) is 2.62. The molecule has 2 atom stereocenters. The van der Waals surface area contributed by atoms with Crippen molar-refractivity contribution in [3.8, 4) is 0 Å². The number of benzene rings is 2. The highest BCUT2D eigenvalue weighted by atomic mass is 16.6. The van der Waals surface area contributed by atoms with Crippen LogP contribution in [0.1, 0.15) is 24.1 Å². The minimum Gasteiger partial charge on any atom is -0.326 e. The molecule has 0 bridgehead atoms. The van der Waals surface area contributed by atoms with E-state index in [9.17, 15) is 10.1 Å². The van der Waals surface area contributed by atoms with Gasteiger partial charge in [0.25, 0.3) is 5.69 Å². The molecule has 110 valence electrons. The summed E-state index contributed by atoms with van der Waals surface area (Å²) in [5, 5.41) is 14.1. The van der Waals surface area contributed by atoms with Crippen molar-refractivity contribution in [3.05, 3.63) is 75.8 Å². The van der Waals surface area contributed by atoms with Crippen molar-refractivity contribution >= 4 is 5.69 Å². The van der Waals surface area contributed by atoms with Crippen LogP contribution in [0.2, 0.25) is 0 Å². The zero-order valence-corrected chi connectivity index (χ0v) is 11.9. The van der Waals surface area contributed by atoms with E-state index in [1.54, 1.807) is 12.1 Å². The van der Waals surface area contributed by atoms with E-state index >= 15 is 0 Å². The van der Waals surface area contributed by atoms with Gasteiger partial charge in [-0.25, -0.2) is 0 Å². The van der Waals surface area contributed by atoms with Crippen LogP contribution in [-0.2, 0) is 6.54 Å². The molecule has 0 saturated heterocycles. The van der Waals surface area contributed by atoms with Crippen LogP contribution in [0.4, 0.5) is 5.69 Å². The van der Waals surface area contributed by atoms with E-state index in [0.717, 1.165) is 5.56 Å². The van der Waals surface area contributed by atoms with Gasteiger partial charge in [-0.1, -0.05) is 42.5 Å². The van der Waals surface area contributed by atoms with Crippen molar-refractivity contribution in [2.75, 3.05) is 0 Å². The van der Waals surface area contributed by atoms with Crippen LogP contribution in [0.25, 0.3) is 0 Å². The number of nitro groups is 1. The Bertz CT molecular complexity index is 582. The first-order valence-electron chi connectivity index (χ1n) is 6.85. The third-order valence-electron chi connectivity index (χ3n) is 3.36. The van der Waals surface area contributed by atoms with Gasteiger partial charge in [-0.2, -0.15) is 0 Å². The largest absolute Gasteiger partial charge is 0.326 e. The summed E-state index contributed by atoms with van der Waals surface area (Å²) in [5.41, 5.74) is 8.24. The lowest BCUT2D eigenvalue weighted by atomic mass is 10.0. The van der Waals surface area contributed by atoms with E-state index in [-0.39, 0.29) is 17.8 Å². The van der Waals surface area contributed by atoms with Gasteiger partial charge in [0.05, 0.1) is 4.92 Å². The fourth-order valence-corrected chi connectivity index (χ4v) is 2.23. The molecule has 2 aromatic carbocycles. The lowest BCUT2D eigenvalue weighted by Crippen LogP contribution is -2.35. The Kier molecular flexibility index (Phi) is 5.03. The Balaban J connectivity index is 2.09. The molecule has 3 N–H and O–H groups in total. The highest BCUT2D eigenvalue weighted by Crippen LogP contribution is 2.20. The number of hydrogen-bond donors (Lipinski definition) is 2. The lowest BCUT2D eigenvalue weighted by molar-refractivity contribution is -0.384. The molecule has 0 amide bonds.